The fourth-order valence-electron chi connectivity index (χ4n) is 1.31. The number of aryl methyl sites for hydroxylation is 1. The Balaban J connectivity index is 2.60. The van der Waals surface area contributed by atoms with E-state index in [1.165, 1.54) is 0 Å². The zero-order chi connectivity index (χ0) is 10.1. The summed E-state index contributed by atoms with van der Waals surface area (Å²) in [5.74, 6) is 0.823. The quantitative estimate of drug-likeness (QED) is 0.787. The Bertz CT molecular complexity index is 449. The molecule has 3 heteroatoms. The first-order chi connectivity index (χ1) is 6.68. The first kappa shape index (κ1) is 9.34. The summed E-state index contributed by atoms with van der Waals surface area (Å²) < 4.78 is 6.31. The molecule has 2 rings (SSSR count). The van der Waals surface area contributed by atoms with Crippen LogP contribution in [0.5, 0.6) is 0 Å². The molecule has 1 aromatic carbocycles. The van der Waals surface area contributed by atoms with Gasteiger partial charge in [-0.05, 0) is 36.8 Å². The van der Waals surface area contributed by atoms with E-state index in [0.29, 0.717) is 0 Å². The van der Waals surface area contributed by atoms with Crippen LogP contribution in [0.2, 0.25) is 0 Å². The van der Waals surface area contributed by atoms with Gasteiger partial charge in [0.25, 0.3) is 0 Å². The SMILES string of the molecule is Cc1cc(Br)c(-c2ccco2)cc1N. The lowest BCUT2D eigenvalue weighted by atomic mass is 10.1. The first-order valence-corrected chi connectivity index (χ1v) is 5.07. The van der Waals surface area contributed by atoms with Gasteiger partial charge in [0.05, 0.1) is 6.26 Å². The van der Waals surface area contributed by atoms with Crippen LogP contribution in [0.1, 0.15) is 5.56 Å². The zero-order valence-electron chi connectivity index (χ0n) is 7.75. The van der Waals surface area contributed by atoms with Gasteiger partial charge in [0.1, 0.15) is 5.76 Å². The highest BCUT2D eigenvalue weighted by Gasteiger charge is 2.07. The van der Waals surface area contributed by atoms with E-state index in [-0.39, 0.29) is 0 Å². The summed E-state index contributed by atoms with van der Waals surface area (Å²) in [6.45, 7) is 1.98. The summed E-state index contributed by atoms with van der Waals surface area (Å²) in [7, 11) is 0. The lowest BCUT2D eigenvalue weighted by Gasteiger charge is -2.05. The number of nitrogens with two attached hydrogens (primary N) is 1. The third-order valence-corrected chi connectivity index (χ3v) is 2.80. The standard InChI is InChI=1S/C11H10BrNO/c1-7-5-9(12)8(6-10(7)13)11-3-2-4-14-11/h2-6H,13H2,1H3. The van der Waals surface area contributed by atoms with Crippen LogP contribution in [0, 0.1) is 6.92 Å². The van der Waals surface area contributed by atoms with Crippen molar-refractivity contribution in [3.8, 4) is 11.3 Å². The molecule has 0 unspecified atom stereocenters. The third kappa shape index (κ3) is 1.55. The number of hydrogen-bond acceptors (Lipinski definition) is 2. The summed E-state index contributed by atoms with van der Waals surface area (Å²) in [6.07, 6.45) is 1.65. The number of nitrogen functional groups attached to an aromatic ring is 1. The van der Waals surface area contributed by atoms with Gasteiger partial charge in [-0.2, -0.15) is 0 Å². The monoisotopic (exact) mass is 251 g/mol. The maximum Gasteiger partial charge on any atom is 0.135 e. The molecule has 0 amide bonds. The van der Waals surface area contributed by atoms with Crippen molar-refractivity contribution in [2.24, 2.45) is 0 Å². The highest BCUT2D eigenvalue weighted by Crippen LogP contribution is 2.32. The predicted octanol–water partition coefficient (Wildman–Crippen LogP) is 3.60. The Morgan fingerprint density at radius 1 is 1.36 bits per heavy atom. The van der Waals surface area contributed by atoms with Crippen molar-refractivity contribution >= 4 is 21.6 Å². The molecule has 0 aliphatic rings. The minimum Gasteiger partial charge on any atom is -0.464 e. The molecule has 0 bridgehead atoms. The average Bonchev–Trinajstić information content (AvgIpc) is 2.64. The molecule has 0 aliphatic heterocycles. The third-order valence-electron chi connectivity index (χ3n) is 2.14. The number of anilines is 1. The van der Waals surface area contributed by atoms with E-state index in [2.05, 4.69) is 15.9 Å². The van der Waals surface area contributed by atoms with Gasteiger partial charge in [-0.1, -0.05) is 15.9 Å². The van der Waals surface area contributed by atoms with Crippen LogP contribution >= 0.6 is 15.9 Å². The molecule has 0 atom stereocenters. The van der Waals surface area contributed by atoms with Gasteiger partial charge in [-0.15, -0.1) is 0 Å². The van der Waals surface area contributed by atoms with Crippen molar-refractivity contribution in [2.45, 2.75) is 6.92 Å². The van der Waals surface area contributed by atoms with E-state index >= 15 is 0 Å². The van der Waals surface area contributed by atoms with E-state index < -0.39 is 0 Å². The normalized spacial score (nSPS) is 10.4. The highest BCUT2D eigenvalue weighted by molar-refractivity contribution is 9.10. The molecule has 0 fully saturated rings. The van der Waals surface area contributed by atoms with Crippen molar-refractivity contribution in [3.05, 3.63) is 40.6 Å². The van der Waals surface area contributed by atoms with Crippen molar-refractivity contribution < 1.29 is 4.42 Å². The molecule has 0 saturated heterocycles. The lowest BCUT2D eigenvalue weighted by Crippen LogP contribution is -1.90. The van der Waals surface area contributed by atoms with E-state index in [4.69, 9.17) is 10.2 Å². The van der Waals surface area contributed by atoms with Gasteiger partial charge in [-0.3, -0.25) is 0 Å². The van der Waals surface area contributed by atoms with Crippen LogP contribution in [-0.4, -0.2) is 0 Å². The van der Waals surface area contributed by atoms with Crippen molar-refractivity contribution in [3.63, 3.8) is 0 Å². The van der Waals surface area contributed by atoms with Crippen molar-refractivity contribution in [1.29, 1.82) is 0 Å². The van der Waals surface area contributed by atoms with Crippen LogP contribution in [0.15, 0.2) is 39.4 Å². The molecule has 2 aromatic rings. The molecule has 1 heterocycles. The smallest absolute Gasteiger partial charge is 0.135 e. The summed E-state index contributed by atoms with van der Waals surface area (Å²) in [6, 6.07) is 7.68. The van der Waals surface area contributed by atoms with Crippen LogP contribution in [0.3, 0.4) is 0 Å². The summed E-state index contributed by atoms with van der Waals surface area (Å²) in [4.78, 5) is 0. The average molecular weight is 252 g/mol. The predicted molar refractivity (Wildman–Crippen MR) is 61.0 cm³/mol. The summed E-state index contributed by atoms with van der Waals surface area (Å²) in [5.41, 5.74) is 8.66. The minimum absolute atomic E-state index is 0.777. The Kier molecular flexibility index (Phi) is 2.33. The first-order valence-electron chi connectivity index (χ1n) is 4.28. The van der Waals surface area contributed by atoms with Gasteiger partial charge in [0.15, 0.2) is 0 Å². The second kappa shape index (κ2) is 3.50. The maximum atomic E-state index is 5.83. The molecule has 0 spiro atoms. The second-order valence-corrected chi connectivity index (χ2v) is 4.02. The largest absolute Gasteiger partial charge is 0.464 e. The summed E-state index contributed by atoms with van der Waals surface area (Å²) in [5, 5.41) is 0. The number of rotatable bonds is 1. The van der Waals surface area contributed by atoms with E-state index in [9.17, 15) is 0 Å². The Morgan fingerprint density at radius 3 is 2.79 bits per heavy atom. The van der Waals surface area contributed by atoms with Crippen LogP contribution in [0.25, 0.3) is 11.3 Å². The fourth-order valence-corrected chi connectivity index (χ4v) is 1.96. The van der Waals surface area contributed by atoms with Gasteiger partial charge < -0.3 is 10.2 Å². The van der Waals surface area contributed by atoms with Crippen LogP contribution in [0.4, 0.5) is 5.69 Å². The zero-order valence-corrected chi connectivity index (χ0v) is 9.34. The molecule has 2 N–H and O–H groups in total. The van der Waals surface area contributed by atoms with E-state index in [0.717, 1.165) is 27.0 Å². The van der Waals surface area contributed by atoms with Gasteiger partial charge >= 0.3 is 0 Å². The number of halogens is 1. The molecule has 1 aromatic heterocycles. The lowest BCUT2D eigenvalue weighted by molar-refractivity contribution is 0.582. The fraction of sp³-hybridized carbons (Fsp3) is 0.0909. The van der Waals surface area contributed by atoms with Gasteiger partial charge in [-0.25, -0.2) is 0 Å². The molecular weight excluding hydrogens is 242 g/mol. The minimum atomic E-state index is 0.777. The van der Waals surface area contributed by atoms with Gasteiger partial charge in [0.2, 0.25) is 0 Å². The van der Waals surface area contributed by atoms with Crippen molar-refractivity contribution in [1.82, 2.24) is 0 Å². The Labute approximate surface area is 90.9 Å². The molecule has 14 heavy (non-hydrogen) atoms. The van der Waals surface area contributed by atoms with Crippen molar-refractivity contribution in [2.75, 3.05) is 5.73 Å². The van der Waals surface area contributed by atoms with E-state index in [1.807, 2.05) is 31.2 Å². The topological polar surface area (TPSA) is 39.2 Å². The maximum absolute atomic E-state index is 5.83. The number of hydrogen-bond donors (Lipinski definition) is 1. The molecular formula is C11H10BrNO. The van der Waals surface area contributed by atoms with Crippen LogP contribution < -0.4 is 5.73 Å². The van der Waals surface area contributed by atoms with E-state index in [1.54, 1.807) is 6.26 Å². The highest BCUT2D eigenvalue weighted by atomic mass is 79.9. The van der Waals surface area contributed by atoms with Gasteiger partial charge in [0, 0.05) is 15.7 Å². The molecule has 0 radical (unpaired) electrons. The number of furan rings is 1. The molecule has 0 saturated carbocycles. The summed E-state index contributed by atoms with van der Waals surface area (Å²) >= 11 is 3.49. The Morgan fingerprint density at radius 2 is 2.14 bits per heavy atom. The Hall–Kier alpha value is -1.22. The second-order valence-electron chi connectivity index (χ2n) is 3.17. The molecule has 72 valence electrons. The molecule has 0 aliphatic carbocycles. The van der Waals surface area contributed by atoms with Crippen LogP contribution in [-0.2, 0) is 0 Å². The molecule has 2 nitrogen and oxygen atoms in total. The number of benzene rings is 1.